The van der Waals surface area contributed by atoms with Gasteiger partial charge in [-0.2, -0.15) is 0 Å². The molecule has 0 aromatic carbocycles. The molecule has 77 heavy (non-hydrogen) atoms. The van der Waals surface area contributed by atoms with Crippen molar-refractivity contribution >= 4 is 19.8 Å². The lowest BCUT2D eigenvalue weighted by Crippen LogP contribution is -3.12. The van der Waals surface area contributed by atoms with Crippen LogP contribution in [-0.4, -0.2) is 168 Å². The van der Waals surface area contributed by atoms with E-state index < -0.39 is 93.9 Å². The predicted octanol–water partition coefficient (Wildman–Crippen LogP) is 7.22. The Balaban J connectivity index is 1.90. The van der Waals surface area contributed by atoms with Crippen LogP contribution in [0.2, 0.25) is 0 Å². The second kappa shape index (κ2) is 44.7. The zero-order chi connectivity index (χ0) is 56.5. The van der Waals surface area contributed by atoms with Crippen LogP contribution >= 0.6 is 7.82 Å². The zero-order valence-electron chi connectivity index (χ0n) is 47.7. The molecule has 0 aromatic rings. The molecule has 2 fully saturated rings. The van der Waals surface area contributed by atoms with Crippen LogP contribution in [0.1, 0.15) is 207 Å². The molecule has 0 radical (unpaired) electrons. The van der Waals surface area contributed by atoms with Crippen LogP contribution in [0.5, 0.6) is 0 Å². The number of carbonyl (C=O) groups excluding carboxylic acids is 2. The summed E-state index contributed by atoms with van der Waals surface area (Å²) in [5, 5.41) is 60.9. The fourth-order valence-electron chi connectivity index (χ4n) is 9.14. The quantitative estimate of drug-likeness (QED) is 0.0129. The maximum atomic E-state index is 13.2. The number of nitrogens with one attached hydrogen (secondary N) is 1. The van der Waals surface area contributed by atoms with Crippen LogP contribution < -0.4 is 4.90 Å². The molecular weight excluding hydrogens is 1020 g/mol. The van der Waals surface area contributed by atoms with Crippen molar-refractivity contribution in [2.45, 2.75) is 275 Å². The van der Waals surface area contributed by atoms with Gasteiger partial charge in [-0.05, 0) is 104 Å². The summed E-state index contributed by atoms with van der Waals surface area (Å²) in [7, 11) is -4.68. The standard InChI is InChI=1S/C57H106NO18P/c1-5-7-9-11-13-15-17-19-21-23-25-27-29-35-48(59)71-43-47(76-49(60)36-30-28-26-24-22-20-18-16-14-12-10-8-6-2)44-73-77(67,68)72-42-39-58(37-31-33-40-69-56-54(65)52(63)50(61)45(3)74-56)38-32-34-41-70-57-55(66)53(64)51(62)46(4)75-57/h15-18,45-47,50-57,61-66H,5-14,19-44H2,1-4H3,(H,67,68)/p+1/b17-15-,18-16-/t45?,46?,47-,50+,51+,52+,53+,54?,55?,56-,57-/m1/s1. The van der Waals surface area contributed by atoms with Crippen molar-refractivity contribution in [1.82, 2.24) is 0 Å². The average Bonchev–Trinajstić information content (AvgIpc) is 3.40. The van der Waals surface area contributed by atoms with Crippen LogP contribution in [0.15, 0.2) is 24.3 Å². The first-order chi connectivity index (χ1) is 37.1. The molecule has 0 aliphatic carbocycles. The fraction of sp³-hybridized carbons (Fsp3) is 0.895. The molecule has 2 heterocycles. The number of phosphoric ester groups is 1. The second-order valence-electron chi connectivity index (χ2n) is 21.2. The van der Waals surface area contributed by atoms with E-state index in [1.54, 1.807) is 13.8 Å². The zero-order valence-corrected chi connectivity index (χ0v) is 48.6. The van der Waals surface area contributed by atoms with Crippen LogP contribution in [0, 0.1) is 0 Å². The second-order valence-corrected chi connectivity index (χ2v) is 22.6. The minimum absolute atomic E-state index is 0.145. The number of hydrogen-bond acceptors (Lipinski definition) is 17. The van der Waals surface area contributed by atoms with Gasteiger partial charge in [-0.15, -0.1) is 0 Å². The van der Waals surface area contributed by atoms with Crippen LogP contribution in [0.25, 0.3) is 0 Å². The Morgan fingerprint density at radius 2 is 0.909 bits per heavy atom. The Morgan fingerprint density at radius 1 is 0.494 bits per heavy atom. The molecule has 0 amide bonds. The summed E-state index contributed by atoms with van der Waals surface area (Å²) in [5.74, 6) is -0.966. The number of esters is 2. The highest BCUT2D eigenvalue weighted by molar-refractivity contribution is 7.47. The molecular formula is C57H107NO18P+. The Labute approximate surface area is 462 Å². The van der Waals surface area contributed by atoms with E-state index in [1.165, 1.54) is 51.4 Å². The van der Waals surface area contributed by atoms with E-state index in [0.717, 1.165) is 81.9 Å². The van der Waals surface area contributed by atoms with Gasteiger partial charge in [0.25, 0.3) is 0 Å². The molecule has 2 saturated heterocycles. The third-order valence-corrected chi connectivity index (χ3v) is 15.2. The maximum Gasteiger partial charge on any atom is 0.472 e. The molecule has 20 heteroatoms. The highest BCUT2D eigenvalue weighted by Gasteiger charge is 2.43. The summed E-state index contributed by atoms with van der Waals surface area (Å²) in [4.78, 5) is 37.6. The van der Waals surface area contributed by atoms with Gasteiger partial charge in [0.05, 0.1) is 45.1 Å². The van der Waals surface area contributed by atoms with Gasteiger partial charge >= 0.3 is 19.8 Å². The van der Waals surface area contributed by atoms with Crippen LogP contribution in [0.4, 0.5) is 0 Å². The van der Waals surface area contributed by atoms with Gasteiger partial charge in [0.1, 0.15) is 56.4 Å². The molecule has 2 rings (SSSR count). The number of hydrogen-bond donors (Lipinski definition) is 8. The number of allylic oxidation sites excluding steroid dienone is 4. The predicted molar refractivity (Wildman–Crippen MR) is 294 cm³/mol. The molecule has 0 saturated carbocycles. The topological polar surface area (TPSA) is 271 Å². The number of carbonyl (C=O) groups is 2. The molecule has 19 nitrogen and oxygen atoms in total. The number of unbranched alkanes of at least 4 members (excludes halogenated alkanes) is 20. The highest BCUT2D eigenvalue weighted by Crippen LogP contribution is 2.43. The van der Waals surface area contributed by atoms with Crippen molar-refractivity contribution in [2.24, 2.45) is 0 Å². The number of rotatable bonds is 48. The number of quaternary nitrogens is 1. The van der Waals surface area contributed by atoms with Gasteiger partial charge in [-0.1, -0.05) is 115 Å². The van der Waals surface area contributed by atoms with Crippen molar-refractivity contribution in [2.75, 3.05) is 52.7 Å². The molecule has 8 N–H and O–H groups in total. The van der Waals surface area contributed by atoms with Gasteiger partial charge in [-0.25, -0.2) is 4.57 Å². The first-order valence-corrected chi connectivity index (χ1v) is 31.3. The summed E-state index contributed by atoms with van der Waals surface area (Å²) in [6.45, 7) is 8.35. The van der Waals surface area contributed by atoms with Crippen molar-refractivity contribution < 1.29 is 92.1 Å². The molecule has 0 bridgehead atoms. The van der Waals surface area contributed by atoms with E-state index >= 15 is 0 Å². The lowest BCUT2D eigenvalue weighted by Gasteiger charge is -2.38. The largest absolute Gasteiger partial charge is 0.472 e. The molecule has 12 atom stereocenters. The minimum atomic E-state index is -4.68. The summed E-state index contributed by atoms with van der Waals surface area (Å²) >= 11 is 0. The average molecular weight is 1130 g/mol. The third-order valence-electron chi connectivity index (χ3n) is 14.2. The van der Waals surface area contributed by atoms with E-state index in [2.05, 4.69) is 38.2 Å². The minimum Gasteiger partial charge on any atom is -0.462 e. The Kier molecular flexibility index (Phi) is 41.3. The maximum absolute atomic E-state index is 13.2. The van der Waals surface area contributed by atoms with Crippen molar-refractivity contribution in [1.29, 1.82) is 0 Å². The molecule has 2 aliphatic heterocycles. The number of aliphatic hydroxyl groups excluding tert-OH is 6. The van der Waals surface area contributed by atoms with Crippen molar-refractivity contribution in [3.8, 4) is 0 Å². The number of ether oxygens (including phenoxy) is 6. The molecule has 452 valence electrons. The van der Waals surface area contributed by atoms with Gasteiger partial charge in [0.15, 0.2) is 18.7 Å². The van der Waals surface area contributed by atoms with Crippen LogP contribution in [-0.2, 0) is 51.6 Å². The third kappa shape index (κ3) is 34.2. The number of phosphoric acid groups is 1. The monoisotopic (exact) mass is 1120 g/mol. The summed E-state index contributed by atoms with van der Waals surface area (Å²) in [6.07, 6.45) is 22.7. The van der Waals surface area contributed by atoms with E-state index in [4.69, 9.17) is 37.5 Å². The Bertz CT molecular complexity index is 1530. The smallest absolute Gasteiger partial charge is 0.462 e. The van der Waals surface area contributed by atoms with Crippen LogP contribution in [0.3, 0.4) is 0 Å². The van der Waals surface area contributed by atoms with Gasteiger partial charge in [0, 0.05) is 12.8 Å². The SMILES string of the molecule is CCCCCC/C=C\CCCCCCCC(=O)OC[C@H](COP(=O)(O)OCC[NH+](CCCCO[C@@H]1OC(C)[C@H](O)[C@H](O)C1O)CCCCO[C@@H]1OC(C)[C@H](O)[C@H](O)C1O)OC(=O)CCCCCCC/C=C\CCCCCC. The Hall–Kier alpha value is -1.91. The van der Waals surface area contributed by atoms with Crippen molar-refractivity contribution in [3.05, 3.63) is 24.3 Å². The lowest BCUT2D eigenvalue weighted by atomic mass is 10.0. The van der Waals surface area contributed by atoms with E-state index in [-0.39, 0.29) is 45.8 Å². The fourth-order valence-corrected chi connectivity index (χ4v) is 9.89. The molecule has 2 aliphatic rings. The molecule has 5 unspecified atom stereocenters. The molecule has 0 spiro atoms. The highest BCUT2D eigenvalue weighted by atomic mass is 31.2. The molecule has 0 aromatic heterocycles. The summed E-state index contributed by atoms with van der Waals surface area (Å²) in [5.41, 5.74) is 0. The number of aliphatic hydroxyl groups is 6. The van der Waals surface area contributed by atoms with Crippen molar-refractivity contribution in [3.63, 3.8) is 0 Å². The lowest BCUT2D eigenvalue weighted by molar-refractivity contribution is -0.900. The van der Waals surface area contributed by atoms with Gasteiger partial charge in [-0.3, -0.25) is 18.6 Å². The Morgan fingerprint density at radius 3 is 1.36 bits per heavy atom. The van der Waals surface area contributed by atoms with Gasteiger partial charge in [0.2, 0.25) is 0 Å². The summed E-state index contributed by atoms with van der Waals surface area (Å²) < 4.78 is 57.6. The van der Waals surface area contributed by atoms with E-state index in [1.807, 2.05) is 0 Å². The first-order valence-electron chi connectivity index (χ1n) is 29.8. The van der Waals surface area contributed by atoms with E-state index in [9.17, 15) is 49.7 Å². The van der Waals surface area contributed by atoms with Gasteiger partial charge < -0.3 is 68.9 Å². The first kappa shape index (κ1) is 71.2. The van der Waals surface area contributed by atoms with E-state index in [0.29, 0.717) is 51.6 Å². The normalized spacial score (nSPS) is 25.5. The summed E-state index contributed by atoms with van der Waals surface area (Å²) in [6, 6.07) is 0.